The number of aryl methyl sites for hydroxylation is 2. The molecule has 0 fully saturated rings. The third-order valence-electron chi connectivity index (χ3n) is 3.19. The smallest absolute Gasteiger partial charge is 0.277 e. The van der Waals surface area contributed by atoms with E-state index in [4.69, 9.17) is 4.74 Å². The van der Waals surface area contributed by atoms with Crippen LogP contribution in [0.2, 0.25) is 0 Å². The van der Waals surface area contributed by atoms with Gasteiger partial charge >= 0.3 is 0 Å². The summed E-state index contributed by atoms with van der Waals surface area (Å²) in [7, 11) is 0. The van der Waals surface area contributed by atoms with Gasteiger partial charge in [0.2, 0.25) is 0 Å². The highest BCUT2D eigenvalue weighted by Gasteiger charge is 2.05. The van der Waals surface area contributed by atoms with Crippen LogP contribution in [0.4, 0.5) is 5.69 Å². The number of ether oxygens (including phenoxy) is 1. The van der Waals surface area contributed by atoms with Crippen molar-refractivity contribution in [2.24, 2.45) is 5.10 Å². The number of carbonyl (C=O) groups is 1. The first-order chi connectivity index (χ1) is 11.5. The number of hydrazone groups is 1. The number of nitro groups is 1. The zero-order chi connectivity index (χ0) is 17.5. The van der Waals surface area contributed by atoms with E-state index in [1.54, 1.807) is 12.1 Å². The molecule has 7 heteroatoms. The van der Waals surface area contributed by atoms with Crippen molar-refractivity contribution in [2.45, 2.75) is 13.8 Å². The summed E-state index contributed by atoms with van der Waals surface area (Å²) >= 11 is 0. The quantitative estimate of drug-likeness (QED) is 0.501. The number of hydrogen-bond acceptors (Lipinski definition) is 5. The summed E-state index contributed by atoms with van der Waals surface area (Å²) in [5, 5.41) is 14.4. The Morgan fingerprint density at radius 2 is 2.08 bits per heavy atom. The van der Waals surface area contributed by atoms with Crippen LogP contribution in [0.5, 0.6) is 5.75 Å². The fourth-order valence-corrected chi connectivity index (χ4v) is 1.94. The van der Waals surface area contributed by atoms with Crippen molar-refractivity contribution in [3.05, 3.63) is 69.3 Å². The number of nitro benzene ring substituents is 1. The van der Waals surface area contributed by atoms with Gasteiger partial charge in [0.1, 0.15) is 5.75 Å². The molecule has 0 aliphatic rings. The lowest BCUT2D eigenvalue weighted by atomic mass is 10.1. The van der Waals surface area contributed by atoms with Gasteiger partial charge in [-0.15, -0.1) is 0 Å². The Kier molecular flexibility index (Phi) is 5.62. The van der Waals surface area contributed by atoms with Crippen LogP contribution in [0.3, 0.4) is 0 Å². The lowest BCUT2D eigenvalue weighted by Gasteiger charge is -2.08. The van der Waals surface area contributed by atoms with Crippen LogP contribution >= 0.6 is 0 Å². The molecule has 0 aromatic heterocycles. The average molecular weight is 327 g/mol. The van der Waals surface area contributed by atoms with Crippen LogP contribution in [0, 0.1) is 24.0 Å². The SMILES string of the molecule is Cc1ccc(C)c(OCC(=O)NN=Cc2cccc([N+](=O)[O-])c2)c1. The number of amides is 1. The fourth-order valence-electron chi connectivity index (χ4n) is 1.94. The predicted molar refractivity (Wildman–Crippen MR) is 90.2 cm³/mol. The molecule has 124 valence electrons. The minimum atomic E-state index is -0.492. The maximum absolute atomic E-state index is 11.7. The van der Waals surface area contributed by atoms with Crippen LogP contribution in [0.1, 0.15) is 16.7 Å². The van der Waals surface area contributed by atoms with Crippen molar-refractivity contribution in [2.75, 3.05) is 6.61 Å². The molecule has 2 aromatic carbocycles. The zero-order valence-corrected chi connectivity index (χ0v) is 13.4. The van der Waals surface area contributed by atoms with E-state index in [0.717, 1.165) is 11.1 Å². The number of carbonyl (C=O) groups excluding carboxylic acids is 1. The Morgan fingerprint density at radius 1 is 1.29 bits per heavy atom. The summed E-state index contributed by atoms with van der Waals surface area (Å²) in [4.78, 5) is 21.9. The summed E-state index contributed by atoms with van der Waals surface area (Å²) in [5.74, 6) is 0.227. The van der Waals surface area contributed by atoms with Crippen LogP contribution in [0.25, 0.3) is 0 Å². The molecule has 0 saturated carbocycles. The van der Waals surface area contributed by atoms with Gasteiger partial charge in [-0.2, -0.15) is 5.10 Å². The van der Waals surface area contributed by atoms with Crippen LogP contribution in [-0.2, 0) is 4.79 Å². The van der Waals surface area contributed by atoms with E-state index >= 15 is 0 Å². The summed E-state index contributed by atoms with van der Waals surface area (Å²) < 4.78 is 5.46. The second kappa shape index (κ2) is 7.87. The van der Waals surface area contributed by atoms with Gasteiger partial charge in [-0.3, -0.25) is 14.9 Å². The summed E-state index contributed by atoms with van der Waals surface area (Å²) in [6, 6.07) is 11.7. The molecule has 7 nitrogen and oxygen atoms in total. The van der Waals surface area contributed by atoms with Gasteiger partial charge < -0.3 is 4.74 Å². The summed E-state index contributed by atoms with van der Waals surface area (Å²) in [5.41, 5.74) is 4.78. The van der Waals surface area contributed by atoms with Crippen LogP contribution in [-0.4, -0.2) is 23.7 Å². The highest BCUT2D eigenvalue weighted by Crippen LogP contribution is 2.18. The molecule has 0 unspecified atom stereocenters. The lowest BCUT2D eigenvalue weighted by Crippen LogP contribution is -2.24. The van der Waals surface area contributed by atoms with E-state index in [2.05, 4.69) is 10.5 Å². The number of benzene rings is 2. The first kappa shape index (κ1) is 17.1. The van der Waals surface area contributed by atoms with Crippen molar-refractivity contribution < 1.29 is 14.5 Å². The molecule has 2 rings (SSSR count). The Balaban J connectivity index is 1.88. The second-order valence-electron chi connectivity index (χ2n) is 5.20. The second-order valence-corrected chi connectivity index (χ2v) is 5.20. The molecule has 2 aromatic rings. The molecular formula is C17H17N3O4. The van der Waals surface area contributed by atoms with Crippen molar-refractivity contribution in [1.29, 1.82) is 0 Å². The van der Waals surface area contributed by atoms with Gasteiger partial charge in [0.25, 0.3) is 11.6 Å². The fraction of sp³-hybridized carbons (Fsp3) is 0.176. The zero-order valence-electron chi connectivity index (χ0n) is 13.4. The van der Waals surface area contributed by atoms with Gasteiger partial charge in [0, 0.05) is 17.7 Å². The number of nitrogens with zero attached hydrogens (tertiary/aromatic N) is 2. The molecule has 0 atom stereocenters. The van der Waals surface area contributed by atoms with Crippen molar-refractivity contribution in [3.63, 3.8) is 0 Å². The lowest BCUT2D eigenvalue weighted by molar-refractivity contribution is -0.384. The topological polar surface area (TPSA) is 93.8 Å². The first-order valence-corrected chi connectivity index (χ1v) is 7.22. The maximum atomic E-state index is 11.7. The standard InChI is InChI=1S/C17H17N3O4/c1-12-6-7-13(2)16(8-12)24-11-17(21)19-18-10-14-4-3-5-15(9-14)20(22)23/h3-10H,11H2,1-2H3,(H,19,21). The molecule has 0 spiro atoms. The molecular weight excluding hydrogens is 310 g/mol. The van der Waals surface area contributed by atoms with Gasteiger partial charge in [-0.1, -0.05) is 24.3 Å². The molecule has 0 saturated heterocycles. The Hall–Kier alpha value is -3.22. The molecule has 0 bridgehead atoms. The van der Waals surface area contributed by atoms with Crippen molar-refractivity contribution >= 4 is 17.8 Å². The molecule has 0 aliphatic carbocycles. The van der Waals surface area contributed by atoms with Gasteiger partial charge in [0.05, 0.1) is 11.1 Å². The third-order valence-corrected chi connectivity index (χ3v) is 3.19. The van der Waals surface area contributed by atoms with E-state index in [9.17, 15) is 14.9 Å². The number of rotatable bonds is 6. The normalized spacial score (nSPS) is 10.6. The van der Waals surface area contributed by atoms with Gasteiger partial charge in [-0.05, 0) is 31.0 Å². The summed E-state index contributed by atoms with van der Waals surface area (Å²) in [6.45, 7) is 3.67. The first-order valence-electron chi connectivity index (χ1n) is 7.22. The highest BCUT2D eigenvalue weighted by molar-refractivity contribution is 5.83. The Bertz CT molecular complexity index is 787. The molecule has 0 aliphatic heterocycles. The average Bonchev–Trinajstić information content (AvgIpc) is 2.56. The number of hydrogen-bond donors (Lipinski definition) is 1. The monoisotopic (exact) mass is 327 g/mol. The minimum Gasteiger partial charge on any atom is -0.483 e. The molecule has 0 heterocycles. The molecule has 1 amide bonds. The summed E-state index contributed by atoms with van der Waals surface area (Å²) in [6.07, 6.45) is 1.34. The van der Waals surface area contributed by atoms with Crippen LogP contribution in [0.15, 0.2) is 47.6 Å². The van der Waals surface area contributed by atoms with E-state index in [1.807, 2.05) is 32.0 Å². The molecule has 0 radical (unpaired) electrons. The predicted octanol–water partition coefficient (Wildman–Crippen LogP) is 2.74. The van der Waals surface area contributed by atoms with Crippen molar-refractivity contribution in [3.8, 4) is 5.75 Å². The maximum Gasteiger partial charge on any atom is 0.277 e. The minimum absolute atomic E-state index is 0.0384. The van der Waals surface area contributed by atoms with E-state index < -0.39 is 10.8 Å². The molecule has 24 heavy (non-hydrogen) atoms. The Labute approximate surface area is 139 Å². The largest absolute Gasteiger partial charge is 0.483 e. The van der Waals surface area contributed by atoms with E-state index in [0.29, 0.717) is 11.3 Å². The van der Waals surface area contributed by atoms with E-state index in [1.165, 1.54) is 18.3 Å². The van der Waals surface area contributed by atoms with Crippen molar-refractivity contribution in [1.82, 2.24) is 5.43 Å². The highest BCUT2D eigenvalue weighted by atomic mass is 16.6. The number of nitrogens with one attached hydrogen (secondary N) is 1. The van der Waals surface area contributed by atoms with Gasteiger partial charge in [-0.25, -0.2) is 5.43 Å². The third kappa shape index (κ3) is 4.91. The van der Waals surface area contributed by atoms with E-state index in [-0.39, 0.29) is 12.3 Å². The van der Waals surface area contributed by atoms with Crippen LogP contribution < -0.4 is 10.2 Å². The molecule has 1 N–H and O–H groups in total. The number of non-ortho nitro benzene ring substituents is 1. The van der Waals surface area contributed by atoms with Gasteiger partial charge in [0.15, 0.2) is 6.61 Å². The Morgan fingerprint density at radius 3 is 2.83 bits per heavy atom.